The summed E-state index contributed by atoms with van der Waals surface area (Å²) in [7, 11) is -0.849. The van der Waals surface area contributed by atoms with Crippen LogP contribution in [-0.4, -0.2) is 38.4 Å². The van der Waals surface area contributed by atoms with Crippen LogP contribution in [0.1, 0.15) is 49.6 Å². The molecule has 2 aliphatic rings. The molecule has 1 N–H and O–H groups in total. The summed E-state index contributed by atoms with van der Waals surface area (Å²) in [5.41, 5.74) is 3.63. The first kappa shape index (κ1) is 15.1. The first-order valence-corrected chi connectivity index (χ1v) is 9.17. The van der Waals surface area contributed by atoms with E-state index in [9.17, 15) is 4.21 Å². The van der Waals surface area contributed by atoms with Gasteiger partial charge in [0.1, 0.15) is 0 Å². The van der Waals surface area contributed by atoms with Gasteiger partial charge in [-0.05, 0) is 43.5 Å². The number of fused-ring (bicyclic) bond motifs is 1. The minimum atomic E-state index is -0.849. The summed E-state index contributed by atoms with van der Waals surface area (Å²) in [6.07, 6.45) is 2.98. The van der Waals surface area contributed by atoms with Gasteiger partial charge < -0.3 is 5.32 Å². The van der Waals surface area contributed by atoms with Gasteiger partial charge >= 0.3 is 0 Å². The lowest BCUT2D eigenvalue weighted by Gasteiger charge is -2.32. The Hall–Kier alpha value is -0.780. The number of hydrogen-bond acceptors (Lipinski definition) is 3. The minimum Gasteiger partial charge on any atom is -0.317 e. The third kappa shape index (κ3) is 3.35. The molecule has 0 spiro atoms. The van der Waals surface area contributed by atoms with Crippen LogP contribution in [0.3, 0.4) is 0 Å². The van der Waals surface area contributed by atoms with Crippen molar-refractivity contribution in [2.24, 2.45) is 0 Å². The fourth-order valence-electron chi connectivity index (χ4n) is 3.09. The topological polar surface area (TPSA) is 45.2 Å². The second-order valence-electron chi connectivity index (χ2n) is 6.34. The molecule has 0 aliphatic carbocycles. The molecule has 4 nitrogen and oxygen atoms in total. The minimum absolute atomic E-state index is 0.329. The summed E-state index contributed by atoms with van der Waals surface area (Å²) in [4.78, 5) is 4.78. The maximum Gasteiger partial charge on any atom is 0.0978 e. The Morgan fingerprint density at radius 3 is 2.81 bits per heavy atom. The summed E-state index contributed by atoms with van der Waals surface area (Å²) < 4.78 is 14.9. The average molecular weight is 307 g/mol. The number of pyridine rings is 1. The van der Waals surface area contributed by atoms with E-state index in [1.807, 2.05) is 0 Å². The van der Waals surface area contributed by atoms with Crippen LogP contribution in [0, 0.1) is 0 Å². The van der Waals surface area contributed by atoms with E-state index in [4.69, 9.17) is 4.98 Å². The number of rotatable bonds is 3. The van der Waals surface area contributed by atoms with E-state index in [1.165, 1.54) is 17.0 Å². The second-order valence-corrected chi connectivity index (χ2v) is 8.07. The molecular weight excluding hydrogens is 282 g/mol. The van der Waals surface area contributed by atoms with Crippen LogP contribution in [0.25, 0.3) is 0 Å². The lowest BCUT2D eigenvalue weighted by molar-refractivity contribution is 0.401. The summed E-state index contributed by atoms with van der Waals surface area (Å²) in [6.45, 7) is 8.02. The molecule has 5 heteroatoms. The van der Waals surface area contributed by atoms with Crippen molar-refractivity contribution >= 4 is 11.0 Å². The van der Waals surface area contributed by atoms with Crippen molar-refractivity contribution < 1.29 is 4.21 Å². The molecule has 0 radical (unpaired) electrons. The summed E-state index contributed by atoms with van der Waals surface area (Å²) >= 11 is 0. The molecule has 0 bridgehead atoms. The molecule has 1 fully saturated rings. The van der Waals surface area contributed by atoms with Crippen LogP contribution in [0.2, 0.25) is 0 Å². The van der Waals surface area contributed by atoms with Gasteiger partial charge in [-0.25, -0.2) is 8.51 Å². The first-order valence-electron chi connectivity index (χ1n) is 8.00. The standard InChI is InChI=1S/C16H25N3OS/c1-12(2)15-4-3-13-11-19(10-7-16(13)18-15)21(20)14-5-8-17-9-6-14/h3-4,12,14,17H,5-11H2,1-2H3. The molecule has 1 aromatic heterocycles. The van der Waals surface area contributed by atoms with Crippen molar-refractivity contribution in [3.63, 3.8) is 0 Å². The summed E-state index contributed by atoms with van der Waals surface area (Å²) in [6, 6.07) is 4.31. The first-order chi connectivity index (χ1) is 10.1. The molecule has 0 amide bonds. The highest BCUT2D eigenvalue weighted by molar-refractivity contribution is 7.83. The molecular formula is C16H25N3OS. The predicted molar refractivity (Wildman–Crippen MR) is 86.5 cm³/mol. The Bertz CT molecular complexity index is 526. The van der Waals surface area contributed by atoms with E-state index in [2.05, 4.69) is 35.6 Å². The van der Waals surface area contributed by atoms with Crippen LogP contribution in [0.4, 0.5) is 0 Å². The smallest absolute Gasteiger partial charge is 0.0978 e. The molecule has 116 valence electrons. The lowest BCUT2D eigenvalue weighted by Crippen LogP contribution is -2.42. The summed E-state index contributed by atoms with van der Waals surface area (Å²) in [5, 5.41) is 3.67. The number of hydrogen-bond donors (Lipinski definition) is 1. The Labute approximate surface area is 129 Å². The van der Waals surface area contributed by atoms with Crippen LogP contribution in [0.5, 0.6) is 0 Å². The van der Waals surface area contributed by atoms with Gasteiger partial charge in [0.05, 0.1) is 16.2 Å². The zero-order chi connectivity index (χ0) is 14.8. The largest absolute Gasteiger partial charge is 0.317 e. The zero-order valence-corrected chi connectivity index (χ0v) is 13.8. The fourth-order valence-corrected chi connectivity index (χ4v) is 4.69. The molecule has 1 saturated heterocycles. The number of nitrogens with zero attached hydrogens (tertiary/aromatic N) is 2. The number of aromatic nitrogens is 1. The van der Waals surface area contributed by atoms with Crippen LogP contribution >= 0.6 is 0 Å². The van der Waals surface area contributed by atoms with Gasteiger partial charge in [-0.1, -0.05) is 19.9 Å². The highest BCUT2D eigenvalue weighted by Crippen LogP contribution is 2.24. The van der Waals surface area contributed by atoms with Crippen molar-refractivity contribution in [1.82, 2.24) is 14.6 Å². The van der Waals surface area contributed by atoms with Crippen molar-refractivity contribution in [2.75, 3.05) is 19.6 Å². The van der Waals surface area contributed by atoms with Gasteiger partial charge in [-0.3, -0.25) is 4.98 Å². The van der Waals surface area contributed by atoms with Crippen LogP contribution < -0.4 is 5.32 Å². The van der Waals surface area contributed by atoms with Gasteiger partial charge in [0.25, 0.3) is 0 Å². The van der Waals surface area contributed by atoms with Gasteiger partial charge in [-0.15, -0.1) is 0 Å². The van der Waals surface area contributed by atoms with Crippen molar-refractivity contribution in [3.8, 4) is 0 Å². The van der Waals surface area contributed by atoms with E-state index in [-0.39, 0.29) is 0 Å². The normalized spacial score (nSPS) is 22.2. The molecule has 0 saturated carbocycles. The third-order valence-corrected chi connectivity index (χ3v) is 6.31. The van der Waals surface area contributed by atoms with E-state index in [1.54, 1.807) is 0 Å². The van der Waals surface area contributed by atoms with E-state index in [0.717, 1.165) is 45.4 Å². The van der Waals surface area contributed by atoms with Crippen molar-refractivity contribution in [3.05, 3.63) is 29.1 Å². The highest BCUT2D eigenvalue weighted by atomic mass is 32.2. The molecule has 0 aromatic carbocycles. The number of nitrogens with one attached hydrogen (secondary N) is 1. The van der Waals surface area contributed by atoms with Crippen molar-refractivity contribution in [2.45, 2.75) is 50.8 Å². The van der Waals surface area contributed by atoms with E-state index >= 15 is 0 Å². The van der Waals surface area contributed by atoms with Crippen molar-refractivity contribution in [1.29, 1.82) is 0 Å². The van der Waals surface area contributed by atoms with Gasteiger partial charge in [0.2, 0.25) is 0 Å². The van der Waals surface area contributed by atoms with Crippen LogP contribution in [-0.2, 0) is 24.0 Å². The quantitative estimate of drug-likeness (QED) is 0.929. The summed E-state index contributed by atoms with van der Waals surface area (Å²) in [5.74, 6) is 0.470. The van der Waals surface area contributed by atoms with Crippen LogP contribution in [0.15, 0.2) is 12.1 Å². The molecule has 3 rings (SSSR count). The van der Waals surface area contributed by atoms with E-state index in [0.29, 0.717) is 11.2 Å². The van der Waals surface area contributed by atoms with Gasteiger partial charge in [-0.2, -0.15) is 0 Å². The Kier molecular flexibility index (Phi) is 4.72. The zero-order valence-electron chi connectivity index (χ0n) is 13.0. The Morgan fingerprint density at radius 2 is 2.10 bits per heavy atom. The lowest BCUT2D eigenvalue weighted by atomic mass is 10.0. The Morgan fingerprint density at radius 1 is 1.33 bits per heavy atom. The van der Waals surface area contributed by atoms with Gasteiger partial charge in [0.15, 0.2) is 0 Å². The average Bonchev–Trinajstić information content (AvgIpc) is 2.54. The fraction of sp³-hybridized carbons (Fsp3) is 0.688. The van der Waals surface area contributed by atoms with E-state index < -0.39 is 11.0 Å². The van der Waals surface area contributed by atoms with Gasteiger partial charge in [0, 0.05) is 30.9 Å². The third-order valence-electron chi connectivity index (χ3n) is 4.45. The SMILES string of the molecule is CC(C)c1ccc2c(n1)CCN(S(=O)C1CCNCC1)C2. The molecule has 1 atom stereocenters. The predicted octanol–water partition coefficient (Wildman–Crippen LogP) is 1.98. The molecule has 1 aromatic rings. The molecule has 1 unspecified atom stereocenters. The second kappa shape index (κ2) is 6.55. The molecule has 2 aliphatic heterocycles. The molecule has 3 heterocycles. The number of piperidine rings is 1. The maximum atomic E-state index is 12.7. The highest BCUT2D eigenvalue weighted by Gasteiger charge is 2.28. The monoisotopic (exact) mass is 307 g/mol. The Balaban J connectivity index is 1.70. The maximum absolute atomic E-state index is 12.7. The molecule has 21 heavy (non-hydrogen) atoms.